The van der Waals surface area contributed by atoms with Gasteiger partial charge in [0.15, 0.2) is 0 Å². The second kappa shape index (κ2) is 5.92. The highest BCUT2D eigenvalue weighted by Gasteiger charge is 1.99. The zero-order valence-corrected chi connectivity index (χ0v) is 12.4. The van der Waals surface area contributed by atoms with E-state index in [0.29, 0.717) is 0 Å². The van der Waals surface area contributed by atoms with E-state index in [0.717, 1.165) is 22.4 Å². The van der Waals surface area contributed by atoms with Crippen molar-refractivity contribution >= 4 is 21.6 Å². The molecule has 0 spiro atoms. The zero-order valence-electron chi connectivity index (χ0n) is 10.8. The molecule has 2 aromatic carbocycles. The van der Waals surface area contributed by atoms with Crippen LogP contribution in [-0.2, 0) is 6.54 Å². The fourth-order valence-corrected chi connectivity index (χ4v) is 2.49. The maximum atomic E-state index is 4.07. The molecule has 0 radical (unpaired) electrons. The van der Waals surface area contributed by atoms with Crippen LogP contribution in [0.25, 0.3) is 5.69 Å². The van der Waals surface area contributed by atoms with Gasteiger partial charge in [0.25, 0.3) is 0 Å². The van der Waals surface area contributed by atoms with Crippen LogP contribution < -0.4 is 5.32 Å². The Kier molecular flexibility index (Phi) is 3.83. The van der Waals surface area contributed by atoms with Crippen LogP contribution in [0.5, 0.6) is 0 Å². The number of hydrogen-bond acceptors (Lipinski definition) is 2. The molecule has 0 saturated heterocycles. The zero-order chi connectivity index (χ0) is 13.8. The molecule has 0 aliphatic carbocycles. The van der Waals surface area contributed by atoms with E-state index in [9.17, 15) is 0 Å². The van der Waals surface area contributed by atoms with Crippen LogP contribution in [0.1, 0.15) is 5.56 Å². The van der Waals surface area contributed by atoms with E-state index in [4.69, 9.17) is 0 Å². The van der Waals surface area contributed by atoms with Crippen molar-refractivity contribution in [2.24, 2.45) is 0 Å². The van der Waals surface area contributed by atoms with Crippen LogP contribution in [0.15, 0.2) is 71.7 Å². The van der Waals surface area contributed by atoms with Gasteiger partial charge in [0, 0.05) is 34.8 Å². The lowest BCUT2D eigenvalue weighted by molar-refractivity contribution is 1.05. The van der Waals surface area contributed by atoms with Gasteiger partial charge in [-0.15, -0.1) is 0 Å². The number of imidazole rings is 1. The van der Waals surface area contributed by atoms with Crippen molar-refractivity contribution in [1.29, 1.82) is 0 Å². The quantitative estimate of drug-likeness (QED) is 0.776. The van der Waals surface area contributed by atoms with E-state index >= 15 is 0 Å². The highest BCUT2D eigenvalue weighted by atomic mass is 79.9. The number of hydrogen-bond donors (Lipinski definition) is 1. The SMILES string of the molecule is Brc1cccc(CNc2cccc(-n3ccnc3)c2)c1. The second-order valence-electron chi connectivity index (χ2n) is 4.50. The molecule has 0 amide bonds. The first kappa shape index (κ1) is 12.9. The summed E-state index contributed by atoms with van der Waals surface area (Å²) in [6.07, 6.45) is 5.52. The number of aromatic nitrogens is 2. The van der Waals surface area contributed by atoms with Crippen molar-refractivity contribution < 1.29 is 0 Å². The second-order valence-corrected chi connectivity index (χ2v) is 5.42. The summed E-state index contributed by atoms with van der Waals surface area (Å²) >= 11 is 3.49. The highest BCUT2D eigenvalue weighted by Crippen LogP contribution is 2.17. The molecule has 1 N–H and O–H groups in total. The molecule has 3 nitrogen and oxygen atoms in total. The van der Waals surface area contributed by atoms with Crippen LogP contribution >= 0.6 is 15.9 Å². The van der Waals surface area contributed by atoms with Crippen molar-refractivity contribution in [1.82, 2.24) is 9.55 Å². The predicted molar refractivity (Wildman–Crippen MR) is 85.0 cm³/mol. The van der Waals surface area contributed by atoms with Crippen LogP contribution in [-0.4, -0.2) is 9.55 Å². The van der Waals surface area contributed by atoms with E-state index in [-0.39, 0.29) is 0 Å². The Morgan fingerprint density at radius 1 is 1.10 bits per heavy atom. The minimum Gasteiger partial charge on any atom is -0.381 e. The maximum Gasteiger partial charge on any atom is 0.0991 e. The van der Waals surface area contributed by atoms with Gasteiger partial charge in [-0.3, -0.25) is 0 Å². The lowest BCUT2D eigenvalue weighted by Gasteiger charge is -2.09. The normalized spacial score (nSPS) is 10.4. The summed E-state index contributed by atoms with van der Waals surface area (Å²) in [5.74, 6) is 0. The number of anilines is 1. The average molecular weight is 328 g/mol. The summed E-state index contributed by atoms with van der Waals surface area (Å²) in [4.78, 5) is 4.07. The summed E-state index contributed by atoms with van der Waals surface area (Å²) in [6.45, 7) is 0.798. The highest BCUT2D eigenvalue weighted by molar-refractivity contribution is 9.10. The van der Waals surface area contributed by atoms with E-state index in [2.05, 4.69) is 56.6 Å². The number of halogens is 1. The fraction of sp³-hybridized carbons (Fsp3) is 0.0625. The molecule has 20 heavy (non-hydrogen) atoms. The first-order valence-electron chi connectivity index (χ1n) is 6.38. The largest absolute Gasteiger partial charge is 0.381 e. The minimum absolute atomic E-state index is 0.798. The van der Waals surface area contributed by atoms with Crippen LogP contribution in [0.3, 0.4) is 0 Å². The predicted octanol–water partition coefficient (Wildman–Crippen LogP) is 4.25. The van der Waals surface area contributed by atoms with Gasteiger partial charge in [-0.25, -0.2) is 4.98 Å². The molecule has 0 aliphatic rings. The molecule has 0 saturated carbocycles. The smallest absolute Gasteiger partial charge is 0.0991 e. The lowest BCUT2D eigenvalue weighted by atomic mass is 10.2. The Bertz CT molecular complexity index is 692. The Labute approximate surface area is 126 Å². The Morgan fingerprint density at radius 2 is 2.00 bits per heavy atom. The van der Waals surface area contributed by atoms with E-state index in [1.165, 1.54) is 5.56 Å². The molecule has 3 rings (SSSR count). The standard InChI is InChI=1S/C16H14BrN3/c17-14-4-1-3-13(9-14)11-19-15-5-2-6-16(10-15)20-8-7-18-12-20/h1-10,12,19H,11H2. The molecule has 0 fully saturated rings. The Hall–Kier alpha value is -2.07. The molecular weight excluding hydrogens is 314 g/mol. The molecule has 3 aromatic rings. The molecule has 0 atom stereocenters. The van der Waals surface area contributed by atoms with Gasteiger partial charge in [0.2, 0.25) is 0 Å². The van der Waals surface area contributed by atoms with E-state index in [1.54, 1.807) is 12.5 Å². The summed E-state index contributed by atoms with van der Waals surface area (Å²) in [5.41, 5.74) is 3.44. The van der Waals surface area contributed by atoms with Crippen molar-refractivity contribution in [3.05, 3.63) is 77.3 Å². The summed E-state index contributed by atoms with van der Waals surface area (Å²) in [6, 6.07) is 16.6. The minimum atomic E-state index is 0.798. The Balaban J connectivity index is 1.73. The van der Waals surface area contributed by atoms with Crippen LogP contribution in [0, 0.1) is 0 Å². The monoisotopic (exact) mass is 327 g/mol. The summed E-state index contributed by atoms with van der Waals surface area (Å²) in [5, 5.41) is 3.44. The van der Waals surface area contributed by atoms with Crippen molar-refractivity contribution in [2.45, 2.75) is 6.54 Å². The molecule has 4 heteroatoms. The number of nitrogens with one attached hydrogen (secondary N) is 1. The molecule has 1 heterocycles. The third-order valence-electron chi connectivity index (χ3n) is 3.03. The fourth-order valence-electron chi connectivity index (χ4n) is 2.04. The number of nitrogens with zero attached hydrogens (tertiary/aromatic N) is 2. The van der Waals surface area contributed by atoms with Crippen molar-refractivity contribution in [3.8, 4) is 5.69 Å². The summed E-state index contributed by atoms with van der Waals surface area (Å²) in [7, 11) is 0. The molecule has 0 aliphatic heterocycles. The lowest BCUT2D eigenvalue weighted by Crippen LogP contribution is -2.00. The molecular formula is C16H14BrN3. The van der Waals surface area contributed by atoms with Crippen LogP contribution in [0.2, 0.25) is 0 Å². The van der Waals surface area contributed by atoms with Gasteiger partial charge >= 0.3 is 0 Å². The van der Waals surface area contributed by atoms with Gasteiger partial charge in [0.1, 0.15) is 0 Å². The number of benzene rings is 2. The van der Waals surface area contributed by atoms with Gasteiger partial charge in [0.05, 0.1) is 6.33 Å². The van der Waals surface area contributed by atoms with Gasteiger partial charge in [-0.05, 0) is 35.9 Å². The topological polar surface area (TPSA) is 29.9 Å². The first-order chi connectivity index (χ1) is 9.81. The van der Waals surface area contributed by atoms with Gasteiger partial charge in [-0.1, -0.05) is 34.1 Å². The first-order valence-corrected chi connectivity index (χ1v) is 7.17. The molecule has 0 bridgehead atoms. The van der Waals surface area contributed by atoms with Crippen molar-refractivity contribution in [3.63, 3.8) is 0 Å². The van der Waals surface area contributed by atoms with E-state index in [1.807, 2.05) is 29.0 Å². The van der Waals surface area contributed by atoms with Gasteiger partial charge in [-0.2, -0.15) is 0 Å². The van der Waals surface area contributed by atoms with Gasteiger partial charge < -0.3 is 9.88 Å². The molecule has 0 unspecified atom stereocenters. The molecule has 100 valence electrons. The molecule has 1 aromatic heterocycles. The summed E-state index contributed by atoms with van der Waals surface area (Å²) < 4.78 is 3.09. The maximum absolute atomic E-state index is 4.07. The van der Waals surface area contributed by atoms with Crippen molar-refractivity contribution in [2.75, 3.05) is 5.32 Å². The average Bonchev–Trinajstić information content (AvgIpc) is 3.00. The van der Waals surface area contributed by atoms with E-state index < -0.39 is 0 Å². The van der Waals surface area contributed by atoms with Crippen LogP contribution in [0.4, 0.5) is 5.69 Å². The third-order valence-corrected chi connectivity index (χ3v) is 3.53. The number of rotatable bonds is 4. The third kappa shape index (κ3) is 3.08. The Morgan fingerprint density at radius 3 is 2.80 bits per heavy atom.